The molecule has 0 aromatic carbocycles. The lowest BCUT2D eigenvalue weighted by Gasteiger charge is -2.10. The molecule has 0 spiro atoms. The molecule has 0 aliphatic carbocycles. The molecule has 0 aliphatic heterocycles. The molecule has 0 amide bonds. The van der Waals surface area contributed by atoms with E-state index < -0.39 is 12.8 Å². The van der Waals surface area contributed by atoms with Crippen LogP contribution in [-0.4, -0.2) is 29.8 Å². The van der Waals surface area contributed by atoms with Gasteiger partial charge < -0.3 is 10.1 Å². The number of nitrogens with one attached hydrogen (secondary N) is 1. The lowest BCUT2D eigenvalue weighted by Crippen LogP contribution is -2.17. The normalized spacial score (nSPS) is 11.6. The van der Waals surface area contributed by atoms with Crippen LogP contribution in [0.25, 0.3) is 0 Å². The van der Waals surface area contributed by atoms with Crippen LogP contribution in [0.4, 0.5) is 19.0 Å². The van der Waals surface area contributed by atoms with Gasteiger partial charge in [0.2, 0.25) is 0 Å². The average Bonchev–Trinajstić information content (AvgIpc) is 2.21. The number of nitrogens with zero attached hydrogens (tertiary/aromatic N) is 2. The monoisotopic (exact) mass is 313 g/mol. The van der Waals surface area contributed by atoms with E-state index in [1.165, 1.54) is 0 Å². The second-order valence-electron chi connectivity index (χ2n) is 3.25. The van der Waals surface area contributed by atoms with E-state index in [9.17, 15) is 13.2 Å². The molecule has 1 aromatic heterocycles. The molecular formula is C9H11BrF3N3O. The summed E-state index contributed by atoms with van der Waals surface area (Å²) in [5.41, 5.74) is 0.634. The van der Waals surface area contributed by atoms with Crippen LogP contribution in [0.3, 0.4) is 0 Å². The second kappa shape index (κ2) is 5.63. The number of rotatable bonds is 4. The zero-order valence-corrected chi connectivity index (χ0v) is 10.8. The summed E-state index contributed by atoms with van der Waals surface area (Å²) < 4.78 is 40.8. The fraction of sp³-hybridized carbons (Fsp3) is 0.556. The third-order valence-electron chi connectivity index (χ3n) is 1.80. The van der Waals surface area contributed by atoms with Gasteiger partial charge in [0.15, 0.2) is 5.82 Å². The van der Waals surface area contributed by atoms with Crippen molar-refractivity contribution in [3.8, 4) is 0 Å². The summed E-state index contributed by atoms with van der Waals surface area (Å²) in [6.45, 7) is 0.141. The summed E-state index contributed by atoms with van der Waals surface area (Å²) in [7, 11) is 1.66. The van der Waals surface area contributed by atoms with E-state index in [0.29, 0.717) is 16.0 Å². The van der Waals surface area contributed by atoms with Gasteiger partial charge in [-0.15, -0.1) is 0 Å². The predicted molar refractivity (Wildman–Crippen MR) is 59.7 cm³/mol. The Morgan fingerprint density at radius 2 is 2.00 bits per heavy atom. The number of aryl methyl sites for hydroxylation is 1. The molecule has 1 aromatic rings. The van der Waals surface area contributed by atoms with E-state index in [4.69, 9.17) is 0 Å². The van der Waals surface area contributed by atoms with Gasteiger partial charge in [-0.1, -0.05) is 0 Å². The average molecular weight is 314 g/mol. The summed E-state index contributed by atoms with van der Waals surface area (Å²) in [5, 5.41) is 2.81. The first kappa shape index (κ1) is 14.2. The zero-order chi connectivity index (χ0) is 13.1. The quantitative estimate of drug-likeness (QED) is 0.928. The standard InChI is InChI=1S/C9H11BrF3N3O/c1-5-7(10)8(14-2)16-6(15-5)3-17-4-9(11,12)13/h3-4H2,1-2H3,(H,14,15,16). The highest BCUT2D eigenvalue weighted by Crippen LogP contribution is 2.23. The molecule has 0 bridgehead atoms. The van der Waals surface area contributed by atoms with Crippen LogP contribution in [0.1, 0.15) is 11.5 Å². The van der Waals surface area contributed by atoms with Gasteiger partial charge in [-0.2, -0.15) is 13.2 Å². The lowest BCUT2D eigenvalue weighted by molar-refractivity contribution is -0.177. The van der Waals surface area contributed by atoms with E-state index in [2.05, 4.69) is 36.0 Å². The Morgan fingerprint density at radius 3 is 2.53 bits per heavy atom. The molecule has 1 heterocycles. The molecule has 0 fully saturated rings. The van der Waals surface area contributed by atoms with E-state index >= 15 is 0 Å². The van der Waals surface area contributed by atoms with Gasteiger partial charge in [-0.25, -0.2) is 9.97 Å². The van der Waals surface area contributed by atoms with Gasteiger partial charge in [0.25, 0.3) is 0 Å². The maximum atomic E-state index is 11.9. The van der Waals surface area contributed by atoms with Crippen molar-refractivity contribution < 1.29 is 17.9 Å². The van der Waals surface area contributed by atoms with Crippen molar-refractivity contribution in [3.05, 3.63) is 16.0 Å². The predicted octanol–water partition coefficient (Wildman–Crippen LogP) is 2.67. The maximum Gasteiger partial charge on any atom is 0.411 e. The minimum Gasteiger partial charge on any atom is -0.372 e. The zero-order valence-electron chi connectivity index (χ0n) is 9.23. The Labute approximate surface area is 105 Å². The smallest absolute Gasteiger partial charge is 0.372 e. The third kappa shape index (κ3) is 4.47. The Morgan fingerprint density at radius 1 is 1.35 bits per heavy atom. The Kier molecular flexibility index (Phi) is 4.70. The maximum absolute atomic E-state index is 11.9. The molecular weight excluding hydrogens is 303 g/mol. The Balaban J connectivity index is 2.69. The van der Waals surface area contributed by atoms with Gasteiger partial charge in [-0.05, 0) is 22.9 Å². The van der Waals surface area contributed by atoms with E-state index in [1.807, 2.05) is 0 Å². The molecule has 1 N–H and O–H groups in total. The van der Waals surface area contributed by atoms with Crippen LogP contribution in [-0.2, 0) is 11.3 Å². The first-order valence-electron chi connectivity index (χ1n) is 4.68. The third-order valence-corrected chi connectivity index (χ3v) is 2.75. The lowest BCUT2D eigenvalue weighted by atomic mass is 10.4. The summed E-state index contributed by atoms with van der Waals surface area (Å²) in [6.07, 6.45) is -4.34. The highest BCUT2D eigenvalue weighted by atomic mass is 79.9. The number of ether oxygens (including phenoxy) is 1. The molecule has 0 unspecified atom stereocenters. The Hall–Kier alpha value is -0.890. The second-order valence-corrected chi connectivity index (χ2v) is 4.04. The van der Waals surface area contributed by atoms with Crippen LogP contribution in [0.15, 0.2) is 4.47 Å². The van der Waals surface area contributed by atoms with Crippen molar-refractivity contribution in [1.82, 2.24) is 9.97 Å². The first-order valence-corrected chi connectivity index (χ1v) is 5.48. The van der Waals surface area contributed by atoms with Crippen molar-refractivity contribution in [1.29, 1.82) is 0 Å². The van der Waals surface area contributed by atoms with Crippen molar-refractivity contribution in [3.63, 3.8) is 0 Å². The topological polar surface area (TPSA) is 47.0 Å². The number of halogens is 4. The molecule has 96 valence electrons. The van der Waals surface area contributed by atoms with Crippen LogP contribution in [0.5, 0.6) is 0 Å². The SMILES string of the molecule is CNc1nc(COCC(F)(F)F)nc(C)c1Br. The summed E-state index contributed by atoms with van der Waals surface area (Å²) in [6, 6.07) is 0. The van der Waals surface area contributed by atoms with Crippen molar-refractivity contribution in [2.24, 2.45) is 0 Å². The minimum atomic E-state index is -4.34. The van der Waals surface area contributed by atoms with Gasteiger partial charge >= 0.3 is 6.18 Å². The van der Waals surface area contributed by atoms with Gasteiger partial charge in [-0.3, -0.25) is 0 Å². The molecule has 4 nitrogen and oxygen atoms in total. The fourth-order valence-corrected chi connectivity index (χ4v) is 1.48. The fourth-order valence-electron chi connectivity index (χ4n) is 1.11. The molecule has 0 saturated carbocycles. The Bertz CT molecular complexity index is 398. The van der Waals surface area contributed by atoms with Gasteiger partial charge in [0.1, 0.15) is 19.0 Å². The van der Waals surface area contributed by atoms with E-state index in [-0.39, 0.29) is 12.4 Å². The van der Waals surface area contributed by atoms with E-state index in [1.54, 1.807) is 14.0 Å². The molecule has 1 rings (SSSR count). The first-order chi connectivity index (χ1) is 7.83. The summed E-state index contributed by atoms with van der Waals surface area (Å²) in [4.78, 5) is 8.02. The molecule has 17 heavy (non-hydrogen) atoms. The molecule has 0 atom stereocenters. The molecule has 0 aliphatic rings. The highest BCUT2D eigenvalue weighted by Gasteiger charge is 2.27. The summed E-state index contributed by atoms with van der Waals surface area (Å²) in [5.74, 6) is 0.724. The molecule has 0 saturated heterocycles. The van der Waals surface area contributed by atoms with Gasteiger partial charge in [0, 0.05) is 7.05 Å². The van der Waals surface area contributed by atoms with Crippen LogP contribution >= 0.6 is 15.9 Å². The number of alkyl halides is 3. The molecule has 0 radical (unpaired) electrons. The van der Waals surface area contributed by atoms with Crippen LogP contribution < -0.4 is 5.32 Å². The van der Waals surface area contributed by atoms with Crippen molar-refractivity contribution >= 4 is 21.7 Å². The molecule has 8 heteroatoms. The number of hydrogen-bond acceptors (Lipinski definition) is 4. The van der Waals surface area contributed by atoms with Crippen molar-refractivity contribution in [2.45, 2.75) is 19.7 Å². The highest BCUT2D eigenvalue weighted by molar-refractivity contribution is 9.10. The van der Waals surface area contributed by atoms with Gasteiger partial charge in [0.05, 0.1) is 10.2 Å². The van der Waals surface area contributed by atoms with Crippen LogP contribution in [0.2, 0.25) is 0 Å². The number of hydrogen-bond donors (Lipinski definition) is 1. The number of aromatic nitrogens is 2. The largest absolute Gasteiger partial charge is 0.411 e. The summed E-state index contributed by atoms with van der Waals surface area (Å²) >= 11 is 3.27. The minimum absolute atomic E-state index is 0.208. The van der Waals surface area contributed by atoms with Crippen molar-refractivity contribution in [2.75, 3.05) is 19.0 Å². The number of anilines is 1. The van der Waals surface area contributed by atoms with Crippen LogP contribution in [0, 0.1) is 6.92 Å². The van der Waals surface area contributed by atoms with E-state index in [0.717, 1.165) is 0 Å².